The van der Waals surface area contributed by atoms with Gasteiger partial charge < -0.3 is 14.8 Å². The van der Waals surface area contributed by atoms with E-state index in [9.17, 15) is 9.59 Å². The number of rotatable bonds is 6. The van der Waals surface area contributed by atoms with E-state index in [4.69, 9.17) is 4.98 Å². The molecule has 0 saturated heterocycles. The van der Waals surface area contributed by atoms with E-state index in [-0.39, 0.29) is 23.5 Å². The number of imidazole rings is 1. The molecule has 1 aromatic carbocycles. The molecule has 1 aliphatic rings. The van der Waals surface area contributed by atoms with E-state index in [0.717, 1.165) is 36.6 Å². The zero-order valence-electron chi connectivity index (χ0n) is 18.9. The first-order chi connectivity index (χ1) is 14.2. The maximum absolute atomic E-state index is 13.5. The molecule has 0 aliphatic carbocycles. The van der Waals surface area contributed by atoms with Crippen molar-refractivity contribution in [3.63, 3.8) is 0 Å². The van der Waals surface area contributed by atoms with Crippen LogP contribution in [0.3, 0.4) is 0 Å². The van der Waals surface area contributed by atoms with Crippen LogP contribution in [0.2, 0.25) is 0 Å². The van der Waals surface area contributed by atoms with Gasteiger partial charge in [0, 0.05) is 31.6 Å². The summed E-state index contributed by atoms with van der Waals surface area (Å²) in [6.07, 6.45) is 1.17. The minimum absolute atomic E-state index is 0.0533. The molecule has 0 saturated carbocycles. The Morgan fingerprint density at radius 1 is 1.17 bits per heavy atom. The Balaban J connectivity index is 2.01. The predicted octanol–water partition coefficient (Wildman–Crippen LogP) is 3.76. The van der Waals surface area contributed by atoms with Crippen LogP contribution in [-0.4, -0.2) is 46.3 Å². The zero-order valence-corrected chi connectivity index (χ0v) is 18.9. The van der Waals surface area contributed by atoms with Gasteiger partial charge in [-0.1, -0.05) is 51.1 Å². The van der Waals surface area contributed by atoms with Gasteiger partial charge in [-0.25, -0.2) is 4.98 Å². The van der Waals surface area contributed by atoms with E-state index < -0.39 is 5.92 Å². The fourth-order valence-corrected chi connectivity index (χ4v) is 4.12. The molecular formula is C24H34N4O2. The number of amides is 1. The second-order valence-electron chi connectivity index (χ2n) is 9.28. The summed E-state index contributed by atoms with van der Waals surface area (Å²) >= 11 is 0. The summed E-state index contributed by atoms with van der Waals surface area (Å²) in [5.41, 5.74) is 2.17. The van der Waals surface area contributed by atoms with Gasteiger partial charge in [-0.3, -0.25) is 9.59 Å². The van der Waals surface area contributed by atoms with Crippen LogP contribution in [0.4, 0.5) is 0 Å². The third-order valence-corrected chi connectivity index (χ3v) is 5.81. The van der Waals surface area contributed by atoms with Gasteiger partial charge in [0.2, 0.25) is 5.91 Å². The smallest absolute Gasteiger partial charge is 0.224 e. The summed E-state index contributed by atoms with van der Waals surface area (Å²) in [6.45, 7) is 11.0. The summed E-state index contributed by atoms with van der Waals surface area (Å²) < 4.78 is 2.20. The summed E-state index contributed by atoms with van der Waals surface area (Å²) in [4.78, 5) is 33.2. The topological polar surface area (TPSA) is 67.2 Å². The van der Waals surface area contributed by atoms with Crippen LogP contribution in [0.5, 0.6) is 0 Å². The molecule has 0 bridgehead atoms. The van der Waals surface area contributed by atoms with Crippen molar-refractivity contribution in [2.45, 2.75) is 53.6 Å². The van der Waals surface area contributed by atoms with E-state index in [1.54, 1.807) is 0 Å². The molecule has 1 aliphatic heterocycles. The van der Waals surface area contributed by atoms with Gasteiger partial charge in [-0.2, -0.15) is 0 Å². The molecule has 0 fully saturated rings. The molecule has 0 spiro atoms. The van der Waals surface area contributed by atoms with Gasteiger partial charge in [0.25, 0.3) is 0 Å². The van der Waals surface area contributed by atoms with Gasteiger partial charge in [-0.15, -0.1) is 0 Å². The standard InChI is InChI=1S/C24H34N4O2/c1-6-25-23(30)18(24(2,3)4)15-20(29)21-19-16-27(5)13-10-14-28(19)22(26-21)17-11-8-7-9-12-17/h7-9,11-12,18H,6,10,13-16H2,1-5H3,(H,25,30)/t18-/m1/s1. The number of hydrogen-bond acceptors (Lipinski definition) is 4. The first-order valence-corrected chi connectivity index (χ1v) is 10.9. The summed E-state index contributed by atoms with van der Waals surface area (Å²) in [5.74, 6) is 0.326. The lowest BCUT2D eigenvalue weighted by Crippen LogP contribution is -2.39. The molecule has 3 rings (SSSR count). The zero-order chi connectivity index (χ0) is 21.9. The summed E-state index contributed by atoms with van der Waals surface area (Å²) in [5, 5.41) is 2.89. The molecule has 162 valence electrons. The second kappa shape index (κ2) is 9.13. The minimum Gasteiger partial charge on any atom is -0.356 e. The number of nitrogens with one attached hydrogen (secondary N) is 1. The molecule has 1 N–H and O–H groups in total. The Morgan fingerprint density at radius 2 is 1.87 bits per heavy atom. The number of carbonyl (C=O) groups is 2. The lowest BCUT2D eigenvalue weighted by atomic mass is 9.77. The molecular weight excluding hydrogens is 376 g/mol. The van der Waals surface area contributed by atoms with Gasteiger partial charge in [-0.05, 0) is 32.4 Å². The van der Waals surface area contributed by atoms with E-state index in [0.29, 0.717) is 18.8 Å². The lowest BCUT2D eigenvalue weighted by Gasteiger charge is -2.29. The molecule has 2 aromatic rings. The highest BCUT2D eigenvalue weighted by molar-refractivity contribution is 5.99. The minimum atomic E-state index is -0.397. The highest BCUT2D eigenvalue weighted by Crippen LogP contribution is 2.32. The van der Waals surface area contributed by atoms with Crippen LogP contribution in [0.15, 0.2) is 30.3 Å². The molecule has 6 nitrogen and oxygen atoms in total. The first kappa shape index (κ1) is 22.2. The number of fused-ring (bicyclic) bond motifs is 1. The van der Waals surface area contributed by atoms with Crippen molar-refractivity contribution in [2.75, 3.05) is 20.1 Å². The molecule has 0 radical (unpaired) electrons. The Hall–Kier alpha value is -2.47. The van der Waals surface area contributed by atoms with E-state index in [2.05, 4.69) is 21.8 Å². The highest BCUT2D eigenvalue weighted by atomic mass is 16.2. The van der Waals surface area contributed by atoms with Crippen LogP contribution in [0.25, 0.3) is 11.4 Å². The van der Waals surface area contributed by atoms with Crippen LogP contribution < -0.4 is 5.32 Å². The van der Waals surface area contributed by atoms with Crippen LogP contribution in [0, 0.1) is 11.3 Å². The van der Waals surface area contributed by atoms with Crippen molar-refractivity contribution in [3.8, 4) is 11.4 Å². The molecule has 2 heterocycles. The van der Waals surface area contributed by atoms with Crippen molar-refractivity contribution in [3.05, 3.63) is 41.7 Å². The van der Waals surface area contributed by atoms with Crippen LogP contribution in [-0.2, 0) is 17.9 Å². The largest absolute Gasteiger partial charge is 0.356 e. The highest BCUT2D eigenvalue weighted by Gasteiger charge is 2.35. The van der Waals surface area contributed by atoms with Crippen LogP contribution in [0.1, 0.15) is 56.7 Å². The molecule has 1 aromatic heterocycles. The summed E-state index contributed by atoms with van der Waals surface area (Å²) in [7, 11) is 2.08. The van der Waals surface area contributed by atoms with Crippen LogP contribution >= 0.6 is 0 Å². The van der Waals surface area contributed by atoms with Gasteiger partial charge >= 0.3 is 0 Å². The number of Topliss-reactive ketones (excluding diaryl/α,β-unsaturated/α-hetero) is 1. The third kappa shape index (κ3) is 4.81. The number of aromatic nitrogens is 2. The number of hydrogen-bond donors (Lipinski definition) is 1. The maximum atomic E-state index is 13.5. The van der Waals surface area contributed by atoms with Crippen molar-refractivity contribution in [1.29, 1.82) is 0 Å². The fourth-order valence-electron chi connectivity index (χ4n) is 4.12. The Bertz CT molecular complexity index is 896. The SMILES string of the molecule is CCNC(=O)[C@@H](CC(=O)c1nc(-c2ccccc2)n2c1CN(C)CCC2)C(C)(C)C. The molecule has 0 unspecified atom stereocenters. The molecule has 30 heavy (non-hydrogen) atoms. The maximum Gasteiger partial charge on any atom is 0.224 e. The molecule has 1 atom stereocenters. The average Bonchev–Trinajstić information content (AvgIpc) is 2.92. The number of ketones is 1. The Morgan fingerprint density at radius 3 is 2.50 bits per heavy atom. The quantitative estimate of drug-likeness (QED) is 0.737. The normalized spacial score (nSPS) is 15.9. The van der Waals surface area contributed by atoms with Crippen molar-refractivity contribution in [1.82, 2.24) is 19.8 Å². The lowest BCUT2D eigenvalue weighted by molar-refractivity contribution is -0.128. The monoisotopic (exact) mass is 410 g/mol. The molecule has 1 amide bonds. The Kier molecular flexibility index (Phi) is 6.76. The van der Waals surface area contributed by atoms with Crippen molar-refractivity contribution >= 4 is 11.7 Å². The first-order valence-electron chi connectivity index (χ1n) is 10.9. The Labute approximate surface area is 179 Å². The van der Waals surface area contributed by atoms with E-state index in [1.807, 2.05) is 58.0 Å². The fraction of sp³-hybridized carbons (Fsp3) is 0.542. The van der Waals surface area contributed by atoms with Gasteiger partial charge in [0.15, 0.2) is 5.78 Å². The van der Waals surface area contributed by atoms with Gasteiger partial charge in [0.1, 0.15) is 11.5 Å². The third-order valence-electron chi connectivity index (χ3n) is 5.81. The van der Waals surface area contributed by atoms with E-state index in [1.165, 1.54) is 0 Å². The van der Waals surface area contributed by atoms with Gasteiger partial charge in [0.05, 0.1) is 11.6 Å². The predicted molar refractivity (Wildman–Crippen MR) is 119 cm³/mol. The number of carbonyl (C=O) groups excluding carboxylic acids is 2. The van der Waals surface area contributed by atoms with E-state index >= 15 is 0 Å². The summed E-state index contributed by atoms with van der Waals surface area (Å²) in [6, 6.07) is 10.0. The average molecular weight is 411 g/mol. The van der Waals surface area contributed by atoms with Crippen molar-refractivity contribution in [2.24, 2.45) is 11.3 Å². The molecule has 6 heteroatoms. The number of nitrogens with zero attached hydrogens (tertiary/aromatic N) is 3. The second-order valence-corrected chi connectivity index (χ2v) is 9.28. The van der Waals surface area contributed by atoms with Crippen molar-refractivity contribution < 1.29 is 9.59 Å². The number of benzene rings is 1.